The van der Waals surface area contributed by atoms with E-state index in [0.29, 0.717) is 0 Å². The average Bonchev–Trinajstić information content (AvgIpc) is 3.20. The summed E-state index contributed by atoms with van der Waals surface area (Å²) in [5.74, 6) is 0. The van der Waals surface area contributed by atoms with Crippen molar-refractivity contribution >= 4 is 17.3 Å². The van der Waals surface area contributed by atoms with Crippen LogP contribution in [0.15, 0.2) is 54.6 Å². The zero-order chi connectivity index (χ0) is 22.7. The fourth-order valence-electron chi connectivity index (χ4n) is 4.36. The maximum absolute atomic E-state index is 6.03. The summed E-state index contributed by atoms with van der Waals surface area (Å²) in [4.78, 5) is 5.03. The molecular weight excluding hydrogens is 416 g/mol. The van der Waals surface area contributed by atoms with E-state index in [2.05, 4.69) is 84.6 Å². The number of aryl methyl sites for hydroxylation is 2. The van der Waals surface area contributed by atoms with Crippen LogP contribution < -0.4 is 4.90 Å². The minimum atomic E-state index is -0.0452. The Kier molecular flexibility index (Phi) is 6.92. The summed E-state index contributed by atoms with van der Waals surface area (Å²) in [6, 6.07) is 19.3. The van der Waals surface area contributed by atoms with Crippen LogP contribution in [0.25, 0.3) is 11.3 Å². The lowest BCUT2D eigenvalue weighted by atomic mass is 10.1. The van der Waals surface area contributed by atoms with Crippen molar-refractivity contribution in [1.82, 2.24) is 14.7 Å². The number of hydrogen-bond donors (Lipinski definition) is 0. The highest BCUT2D eigenvalue weighted by atomic mass is 35.5. The Bertz CT molecular complexity index is 1010. The van der Waals surface area contributed by atoms with Crippen LogP contribution >= 0.6 is 11.6 Å². The molecule has 0 saturated carbocycles. The van der Waals surface area contributed by atoms with Crippen molar-refractivity contribution in [3.63, 3.8) is 0 Å². The molecule has 5 heteroatoms. The molecule has 1 aromatic heterocycles. The Balaban J connectivity index is 1.33. The largest absolute Gasteiger partial charge is 0.369 e. The molecule has 2 aromatic carbocycles. The highest BCUT2D eigenvalue weighted by Gasteiger charge is 2.21. The van der Waals surface area contributed by atoms with Gasteiger partial charge in [-0.3, -0.25) is 9.58 Å². The fraction of sp³-hybridized carbons (Fsp3) is 0.444. The van der Waals surface area contributed by atoms with E-state index in [1.807, 2.05) is 12.1 Å². The minimum absolute atomic E-state index is 0.0452. The van der Waals surface area contributed by atoms with Crippen molar-refractivity contribution in [2.75, 3.05) is 37.6 Å². The van der Waals surface area contributed by atoms with Crippen molar-refractivity contribution in [2.45, 2.75) is 46.1 Å². The minimum Gasteiger partial charge on any atom is -0.369 e. The molecule has 0 atom stereocenters. The van der Waals surface area contributed by atoms with Crippen molar-refractivity contribution < 1.29 is 0 Å². The topological polar surface area (TPSA) is 24.3 Å². The average molecular weight is 451 g/mol. The molecule has 1 fully saturated rings. The SMILES string of the molecule is Cc1ccc(-c2cc(CCCN3CCN(c4ccc(Cl)cc4)CC3)nn2C(C)(C)C)cc1. The first-order chi connectivity index (χ1) is 15.3. The molecule has 0 amide bonds. The number of nitrogens with zero attached hydrogens (tertiary/aromatic N) is 4. The smallest absolute Gasteiger partial charge is 0.0691 e. The molecule has 0 spiro atoms. The zero-order valence-electron chi connectivity index (χ0n) is 19.8. The van der Waals surface area contributed by atoms with E-state index in [9.17, 15) is 0 Å². The molecule has 32 heavy (non-hydrogen) atoms. The quantitative estimate of drug-likeness (QED) is 0.458. The molecule has 0 bridgehead atoms. The van der Waals surface area contributed by atoms with Crippen LogP contribution in [-0.2, 0) is 12.0 Å². The van der Waals surface area contributed by atoms with Gasteiger partial charge in [0.2, 0.25) is 0 Å². The van der Waals surface area contributed by atoms with Gasteiger partial charge in [0, 0.05) is 36.9 Å². The van der Waals surface area contributed by atoms with E-state index >= 15 is 0 Å². The lowest BCUT2D eigenvalue weighted by molar-refractivity contribution is 0.254. The molecule has 1 aliphatic rings. The summed E-state index contributed by atoms with van der Waals surface area (Å²) < 4.78 is 2.19. The number of hydrogen-bond acceptors (Lipinski definition) is 3. The van der Waals surface area contributed by atoms with E-state index in [4.69, 9.17) is 16.7 Å². The summed E-state index contributed by atoms with van der Waals surface area (Å²) in [6.45, 7) is 14.3. The van der Waals surface area contributed by atoms with Crippen LogP contribution in [0.5, 0.6) is 0 Å². The van der Waals surface area contributed by atoms with Gasteiger partial charge in [0.05, 0.1) is 16.9 Å². The highest BCUT2D eigenvalue weighted by Crippen LogP contribution is 2.27. The Morgan fingerprint density at radius 3 is 2.19 bits per heavy atom. The van der Waals surface area contributed by atoms with Gasteiger partial charge in [-0.15, -0.1) is 0 Å². The molecule has 0 aliphatic carbocycles. The summed E-state index contributed by atoms with van der Waals surface area (Å²) >= 11 is 6.03. The van der Waals surface area contributed by atoms with Gasteiger partial charge in [-0.05, 0) is 83.0 Å². The maximum Gasteiger partial charge on any atom is 0.0691 e. The lowest BCUT2D eigenvalue weighted by Gasteiger charge is -2.36. The molecule has 0 unspecified atom stereocenters. The van der Waals surface area contributed by atoms with Crippen molar-refractivity contribution in [2.24, 2.45) is 0 Å². The maximum atomic E-state index is 6.03. The van der Waals surface area contributed by atoms with Crippen LogP contribution in [0.4, 0.5) is 5.69 Å². The van der Waals surface area contributed by atoms with Gasteiger partial charge < -0.3 is 4.90 Å². The standard InChI is InChI=1S/C27H35ClN4/c1-21-7-9-22(10-8-21)26-20-24(29-32(26)27(2,3)4)6-5-15-30-16-18-31(19-17-30)25-13-11-23(28)12-14-25/h7-14,20H,5-6,15-19H2,1-4H3. The predicted octanol–water partition coefficient (Wildman–Crippen LogP) is 6.02. The lowest BCUT2D eigenvalue weighted by Crippen LogP contribution is -2.46. The number of anilines is 1. The number of rotatable bonds is 6. The second-order valence-corrected chi connectivity index (χ2v) is 10.3. The van der Waals surface area contributed by atoms with Gasteiger partial charge in [-0.2, -0.15) is 5.10 Å². The Morgan fingerprint density at radius 2 is 1.56 bits per heavy atom. The molecular formula is C27H35ClN4. The van der Waals surface area contributed by atoms with Gasteiger partial charge in [0.1, 0.15) is 0 Å². The molecule has 4 nitrogen and oxygen atoms in total. The van der Waals surface area contributed by atoms with Crippen molar-refractivity contribution in [3.8, 4) is 11.3 Å². The van der Waals surface area contributed by atoms with Crippen molar-refractivity contribution in [1.29, 1.82) is 0 Å². The molecule has 0 radical (unpaired) electrons. The van der Waals surface area contributed by atoms with Crippen LogP contribution in [0, 0.1) is 6.92 Å². The molecule has 3 aromatic rings. The van der Waals surface area contributed by atoms with Gasteiger partial charge >= 0.3 is 0 Å². The summed E-state index contributed by atoms with van der Waals surface area (Å²) in [6.07, 6.45) is 2.15. The Hall–Kier alpha value is -2.30. The third-order valence-corrected chi connectivity index (χ3v) is 6.47. The van der Waals surface area contributed by atoms with E-state index in [0.717, 1.165) is 50.6 Å². The molecule has 0 N–H and O–H groups in total. The number of halogens is 1. The predicted molar refractivity (Wildman–Crippen MR) is 136 cm³/mol. The molecule has 1 aliphatic heterocycles. The number of benzene rings is 2. The summed E-state index contributed by atoms with van der Waals surface area (Å²) in [7, 11) is 0. The van der Waals surface area contributed by atoms with Crippen LogP contribution in [-0.4, -0.2) is 47.4 Å². The third-order valence-electron chi connectivity index (χ3n) is 6.21. The number of piperazine rings is 1. The Morgan fingerprint density at radius 1 is 0.906 bits per heavy atom. The number of aromatic nitrogens is 2. The van der Waals surface area contributed by atoms with Crippen LogP contribution in [0.2, 0.25) is 5.02 Å². The summed E-state index contributed by atoms with van der Waals surface area (Å²) in [5.41, 5.74) is 6.15. The van der Waals surface area contributed by atoms with Crippen LogP contribution in [0.3, 0.4) is 0 Å². The molecule has 2 heterocycles. The van der Waals surface area contributed by atoms with Gasteiger partial charge in [-0.1, -0.05) is 41.4 Å². The van der Waals surface area contributed by atoms with E-state index in [1.54, 1.807) is 0 Å². The summed E-state index contributed by atoms with van der Waals surface area (Å²) in [5, 5.41) is 5.80. The highest BCUT2D eigenvalue weighted by molar-refractivity contribution is 6.30. The normalized spacial score (nSPS) is 15.3. The van der Waals surface area contributed by atoms with Crippen molar-refractivity contribution in [3.05, 3.63) is 70.9 Å². The third kappa shape index (κ3) is 5.54. The molecule has 4 rings (SSSR count). The fourth-order valence-corrected chi connectivity index (χ4v) is 4.48. The van der Waals surface area contributed by atoms with Gasteiger partial charge in [-0.25, -0.2) is 0 Å². The zero-order valence-corrected chi connectivity index (χ0v) is 20.6. The first-order valence-corrected chi connectivity index (χ1v) is 12.1. The second-order valence-electron chi connectivity index (χ2n) is 9.88. The first-order valence-electron chi connectivity index (χ1n) is 11.7. The van der Waals surface area contributed by atoms with Gasteiger partial charge in [0.15, 0.2) is 0 Å². The monoisotopic (exact) mass is 450 g/mol. The first kappa shape index (κ1) is 22.9. The molecule has 170 valence electrons. The second kappa shape index (κ2) is 9.68. The van der Waals surface area contributed by atoms with E-state index in [1.165, 1.54) is 28.2 Å². The van der Waals surface area contributed by atoms with Crippen LogP contribution in [0.1, 0.15) is 38.4 Å². The van der Waals surface area contributed by atoms with E-state index in [-0.39, 0.29) is 5.54 Å². The molecule has 1 saturated heterocycles. The van der Waals surface area contributed by atoms with E-state index < -0.39 is 0 Å². The van der Waals surface area contributed by atoms with Gasteiger partial charge in [0.25, 0.3) is 0 Å². The Labute approximate surface area is 197 Å².